The maximum absolute atomic E-state index is 12.6. The molecule has 9 heteroatoms. The third-order valence-corrected chi connectivity index (χ3v) is 5.98. The SMILES string of the molecule is COCCn1ncc2c1CCc1c(C(=O)NCCCCCCSC(C)=O)n[nH]c1-2. The number of ether oxygens (including phenoxy) is 1. The Labute approximate surface area is 175 Å². The monoisotopic (exact) mass is 419 g/mol. The Kier molecular flexibility index (Phi) is 7.88. The number of hydrogen-bond donors (Lipinski definition) is 2. The fourth-order valence-electron chi connectivity index (χ4n) is 3.60. The summed E-state index contributed by atoms with van der Waals surface area (Å²) in [6.45, 7) is 3.58. The van der Waals surface area contributed by atoms with Gasteiger partial charge in [-0.25, -0.2) is 0 Å². The molecule has 0 atom stereocenters. The average Bonchev–Trinajstić information content (AvgIpc) is 3.31. The van der Waals surface area contributed by atoms with Crippen molar-refractivity contribution in [1.29, 1.82) is 0 Å². The van der Waals surface area contributed by atoms with Crippen molar-refractivity contribution in [3.8, 4) is 11.3 Å². The summed E-state index contributed by atoms with van der Waals surface area (Å²) in [4.78, 5) is 23.5. The van der Waals surface area contributed by atoms with Crippen LogP contribution in [-0.2, 0) is 28.9 Å². The van der Waals surface area contributed by atoms with E-state index in [0.717, 1.165) is 73.3 Å². The summed E-state index contributed by atoms with van der Waals surface area (Å²) in [5.41, 5.74) is 4.56. The van der Waals surface area contributed by atoms with Gasteiger partial charge >= 0.3 is 0 Å². The lowest BCUT2D eigenvalue weighted by Gasteiger charge is -2.15. The first kappa shape index (κ1) is 21.6. The lowest BCUT2D eigenvalue weighted by molar-refractivity contribution is -0.109. The zero-order chi connectivity index (χ0) is 20.6. The predicted octanol–water partition coefficient (Wildman–Crippen LogP) is 2.59. The molecule has 2 N–H and O–H groups in total. The maximum atomic E-state index is 12.6. The molecule has 2 heterocycles. The largest absolute Gasteiger partial charge is 0.383 e. The number of aromatic amines is 1. The molecule has 0 fully saturated rings. The molecule has 0 radical (unpaired) electrons. The predicted molar refractivity (Wildman–Crippen MR) is 113 cm³/mol. The average molecular weight is 420 g/mol. The van der Waals surface area contributed by atoms with E-state index in [-0.39, 0.29) is 11.0 Å². The lowest BCUT2D eigenvalue weighted by atomic mass is 9.93. The van der Waals surface area contributed by atoms with Crippen molar-refractivity contribution in [2.45, 2.75) is 52.0 Å². The molecule has 1 aliphatic carbocycles. The Hall–Kier alpha value is -2.13. The zero-order valence-corrected chi connectivity index (χ0v) is 17.9. The minimum absolute atomic E-state index is 0.120. The molecule has 158 valence electrons. The number of amides is 1. The quantitative estimate of drug-likeness (QED) is 0.543. The van der Waals surface area contributed by atoms with Gasteiger partial charge in [0.1, 0.15) is 0 Å². The molecular formula is C20H29N5O3S. The number of methoxy groups -OCH3 is 1. The van der Waals surface area contributed by atoms with E-state index < -0.39 is 0 Å². The lowest BCUT2D eigenvalue weighted by Crippen LogP contribution is -2.26. The van der Waals surface area contributed by atoms with Crippen LogP contribution in [0.2, 0.25) is 0 Å². The summed E-state index contributed by atoms with van der Waals surface area (Å²) in [5, 5.41) is 14.9. The van der Waals surface area contributed by atoms with Gasteiger partial charge in [-0.2, -0.15) is 10.2 Å². The highest BCUT2D eigenvalue weighted by Gasteiger charge is 2.27. The molecule has 1 amide bonds. The third-order valence-electron chi connectivity index (χ3n) is 5.08. The van der Waals surface area contributed by atoms with Crippen LogP contribution < -0.4 is 5.32 Å². The van der Waals surface area contributed by atoms with Gasteiger partial charge in [0.2, 0.25) is 0 Å². The van der Waals surface area contributed by atoms with Crippen LogP contribution in [0.4, 0.5) is 0 Å². The highest BCUT2D eigenvalue weighted by molar-refractivity contribution is 8.13. The van der Waals surface area contributed by atoms with E-state index in [0.29, 0.717) is 18.8 Å². The third kappa shape index (κ3) is 5.48. The summed E-state index contributed by atoms with van der Waals surface area (Å²) >= 11 is 1.38. The van der Waals surface area contributed by atoms with Crippen molar-refractivity contribution < 1.29 is 14.3 Å². The number of unbranched alkanes of at least 4 members (excludes halogenated alkanes) is 3. The number of aromatic nitrogens is 4. The molecule has 0 aliphatic heterocycles. The first-order valence-corrected chi connectivity index (χ1v) is 11.1. The highest BCUT2D eigenvalue weighted by atomic mass is 32.2. The van der Waals surface area contributed by atoms with Crippen LogP contribution in [0.25, 0.3) is 11.3 Å². The van der Waals surface area contributed by atoms with E-state index in [2.05, 4.69) is 20.6 Å². The van der Waals surface area contributed by atoms with Crippen LogP contribution in [0.5, 0.6) is 0 Å². The molecule has 8 nitrogen and oxygen atoms in total. The molecule has 0 unspecified atom stereocenters. The Morgan fingerprint density at radius 1 is 1.28 bits per heavy atom. The number of carbonyl (C=O) groups is 2. The summed E-state index contributed by atoms with van der Waals surface area (Å²) in [6, 6.07) is 0. The van der Waals surface area contributed by atoms with Crippen LogP contribution in [0.3, 0.4) is 0 Å². The van der Waals surface area contributed by atoms with Crippen molar-refractivity contribution in [3.63, 3.8) is 0 Å². The molecule has 2 aromatic rings. The van der Waals surface area contributed by atoms with Gasteiger partial charge in [0.15, 0.2) is 10.8 Å². The number of rotatable bonds is 11. The highest BCUT2D eigenvalue weighted by Crippen LogP contribution is 2.33. The summed E-state index contributed by atoms with van der Waals surface area (Å²) in [5.74, 6) is 0.760. The van der Waals surface area contributed by atoms with E-state index in [1.807, 2.05) is 10.9 Å². The topological polar surface area (TPSA) is 102 Å². The molecule has 2 aromatic heterocycles. The van der Waals surface area contributed by atoms with Crippen LogP contribution in [-0.4, -0.2) is 57.0 Å². The normalized spacial score (nSPS) is 12.5. The smallest absolute Gasteiger partial charge is 0.272 e. The van der Waals surface area contributed by atoms with Crippen molar-refractivity contribution >= 4 is 22.8 Å². The first-order chi connectivity index (χ1) is 14.1. The molecular weight excluding hydrogens is 390 g/mol. The van der Waals surface area contributed by atoms with E-state index in [4.69, 9.17) is 4.74 Å². The minimum Gasteiger partial charge on any atom is -0.383 e. The summed E-state index contributed by atoms with van der Waals surface area (Å²) in [7, 11) is 1.68. The standard InChI is InChI=1S/C20H29N5O3S/c1-14(26)29-12-6-4-3-5-9-21-20(27)19-15-7-8-17-16(18(15)23-24-19)13-22-25(17)10-11-28-2/h13H,3-12H2,1-2H3,(H,21,27)(H,23,24). The van der Waals surface area contributed by atoms with Crippen LogP contribution in [0.15, 0.2) is 6.20 Å². The van der Waals surface area contributed by atoms with Crippen molar-refractivity contribution in [2.24, 2.45) is 0 Å². The van der Waals surface area contributed by atoms with Crippen LogP contribution in [0, 0.1) is 0 Å². The van der Waals surface area contributed by atoms with E-state index in [9.17, 15) is 9.59 Å². The first-order valence-electron chi connectivity index (χ1n) is 10.1. The Balaban J connectivity index is 1.49. The molecule has 0 spiro atoms. The molecule has 29 heavy (non-hydrogen) atoms. The van der Waals surface area contributed by atoms with E-state index >= 15 is 0 Å². The number of nitrogens with zero attached hydrogens (tertiary/aromatic N) is 3. The van der Waals surface area contributed by atoms with Gasteiger partial charge in [-0.15, -0.1) is 0 Å². The fourth-order valence-corrected chi connectivity index (χ4v) is 4.23. The Bertz CT molecular complexity index is 845. The van der Waals surface area contributed by atoms with Gasteiger partial charge in [-0.05, 0) is 25.7 Å². The van der Waals surface area contributed by atoms with Crippen LogP contribution in [0.1, 0.15) is 54.4 Å². The van der Waals surface area contributed by atoms with Crippen molar-refractivity contribution in [2.75, 3.05) is 26.0 Å². The summed E-state index contributed by atoms with van der Waals surface area (Å²) < 4.78 is 7.12. The number of fused-ring (bicyclic) bond motifs is 3. The van der Waals surface area contributed by atoms with Gasteiger partial charge in [0, 0.05) is 43.2 Å². The van der Waals surface area contributed by atoms with Gasteiger partial charge in [0.05, 0.1) is 25.0 Å². The molecule has 1 aliphatic rings. The maximum Gasteiger partial charge on any atom is 0.272 e. The van der Waals surface area contributed by atoms with Crippen molar-refractivity contribution in [1.82, 2.24) is 25.3 Å². The van der Waals surface area contributed by atoms with Gasteiger partial charge < -0.3 is 10.1 Å². The van der Waals surface area contributed by atoms with Gasteiger partial charge in [-0.3, -0.25) is 19.4 Å². The summed E-state index contributed by atoms with van der Waals surface area (Å²) in [6.07, 6.45) is 7.53. The van der Waals surface area contributed by atoms with Gasteiger partial charge in [-0.1, -0.05) is 24.6 Å². The zero-order valence-electron chi connectivity index (χ0n) is 17.1. The number of thioether (sulfide) groups is 1. The number of hydrogen-bond acceptors (Lipinski definition) is 6. The number of H-pyrrole nitrogens is 1. The van der Waals surface area contributed by atoms with Gasteiger partial charge in [0.25, 0.3) is 5.91 Å². The van der Waals surface area contributed by atoms with Crippen LogP contribution >= 0.6 is 11.8 Å². The van der Waals surface area contributed by atoms with Crippen molar-refractivity contribution in [3.05, 3.63) is 23.1 Å². The fraction of sp³-hybridized carbons (Fsp3) is 0.600. The number of nitrogens with one attached hydrogen (secondary N) is 2. The molecule has 0 bridgehead atoms. The number of carbonyl (C=O) groups excluding carboxylic acids is 2. The second kappa shape index (κ2) is 10.6. The minimum atomic E-state index is -0.120. The molecule has 0 saturated carbocycles. The second-order valence-corrected chi connectivity index (χ2v) is 8.43. The Morgan fingerprint density at radius 3 is 2.90 bits per heavy atom. The van der Waals surface area contributed by atoms with E-state index in [1.54, 1.807) is 14.0 Å². The molecule has 0 saturated heterocycles. The molecule has 0 aromatic carbocycles. The second-order valence-electron chi connectivity index (χ2n) is 7.16. The Morgan fingerprint density at radius 2 is 2.10 bits per heavy atom. The van der Waals surface area contributed by atoms with E-state index in [1.165, 1.54) is 11.8 Å². The molecule has 3 rings (SSSR count).